The van der Waals surface area contributed by atoms with Crippen LogP contribution in [-0.4, -0.2) is 32.3 Å². The van der Waals surface area contributed by atoms with Gasteiger partial charge in [-0.1, -0.05) is 16.8 Å². The van der Waals surface area contributed by atoms with Gasteiger partial charge in [-0.3, -0.25) is 0 Å². The Morgan fingerprint density at radius 1 is 1.39 bits per heavy atom. The molecule has 3 aromatic rings. The van der Waals surface area contributed by atoms with Gasteiger partial charge in [0.05, 0.1) is 12.0 Å². The largest absolute Gasteiger partial charge is 0.462 e. The fourth-order valence-electron chi connectivity index (χ4n) is 2.61. The summed E-state index contributed by atoms with van der Waals surface area (Å²) in [6.45, 7) is 5.57. The van der Waals surface area contributed by atoms with Gasteiger partial charge in [-0.25, -0.2) is 14.8 Å². The lowest BCUT2D eigenvalue weighted by atomic mass is 10.0. The number of ether oxygens (including phenoxy) is 1. The zero-order valence-electron chi connectivity index (χ0n) is 13.2. The van der Waals surface area contributed by atoms with Crippen molar-refractivity contribution in [3.8, 4) is 11.3 Å². The topological polar surface area (TPSA) is 83.0 Å². The second kappa shape index (κ2) is 5.66. The number of aromatic nitrogens is 4. The van der Waals surface area contributed by atoms with Gasteiger partial charge in [-0.2, -0.15) is 0 Å². The van der Waals surface area contributed by atoms with E-state index in [1.165, 1.54) is 6.33 Å². The molecule has 0 fully saturated rings. The first-order valence-electron chi connectivity index (χ1n) is 7.06. The maximum Gasteiger partial charge on any atom is 0.344 e. The Labute approximate surface area is 137 Å². The van der Waals surface area contributed by atoms with Crippen LogP contribution in [0.4, 0.5) is 0 Å². The highest BCUT2D eigenvalue weighted by molar-refractivity contribution is 6.35. The second-order valence-electron chi connectivity index (χ2n) is 5.07. The number of carbonyl (C=O) groups is 1. The van der Waals surface area contributed by atoms with Crippen molar-refractivity contribution in [2.45, 2.75) is 20.8 Å². The number of hydrogen-bond acceptors (Lipinski definition) is 6. The highest BCUT2D eigenvalue weighted by Crippen LogP contribution is 2.38. The first kappa shape index (κ1) is 15.5. The predicted octanol–water partition coefficient (Wildman–Crippen LogP) is 3.07. The van der Waals surface area contributed by atoms with Crippen molar-refractivity contribution in [2.24, 2.45) is 7.05 Å². The lowest BCUT2D eigenvalue weighted by Gasteiger charge is -2.03. The van der Waals surface area contributed by atoms with Crippen molar-refractivity contribution >= 4 is 28.6 Å². The van der Waals surface area contributed by atoms with Crippen LogP contribution in [0.25, 0.3) is 22.3 Å². The van der Waals surface area contributed by atoms with Gasteiger partial charge in [-0.15, -0.1) is 0 Å². The smallest absolute Gasteiger partial charge is 0.344 e. The van der Waals surface area contributed by atoms with Gasteiger partial charge in [0.2, 0.25) is 0 Å². The Bertz CT molecular complexity index is 913. The molecule has 7 nitrogen and oxygen atoms in total. The van der Waals surface area contributed by atoms with E-state index in [0.29, 0.717) is 38.8 Å². The molecule has 0 aliphatic rings. The third-order valence-electron chi connectivity index (χ3n) is 3.79. The minimum atomic E-state index is -0.481. The molecule has 120 valence electrons. The molecule has 0 saturated carbocycles. The quantitative estimate of drug-likeness (QED) is 0.540. The minimum Gasteiger partial charge on any atom is -0.462 e. The summed E-state index contributed by atoms with van der Waals surface area (Å²) in [7, 11) is 1.86. The molecule has 0 spiro atoms. The van der Waals surface area contributed by atoms with Crippen LogP contribution in [0.5, 0.6) is 0 Å². The Morgan fingerprint density at radius 2 is 2.13 bits per heavy atom. The summed E-state index contributed by atoms with van der Waals surface area (Å²) in [6.07, 6.45) is 1.40. The fourth-order valence-corrected chi connectivity index (χ4v) is 2.83. The van der Waals surface area contributed by atoms with E-state index >= 15 is 0 Å². The Hall–Kier alpha value is -2.41. The van der Waals surface area contributed by atoms with Gasteiger partial charge >= 0.3 is 5.97 Å². The summed E-state index contributed by atoms with van der Waals surface area (Å²) >= 11 is 6.26. The maximum absolute atomic E-state index is 12.3. The Kier molecular flexibility index (Phi) is 3.81. The average molecular weight is 335 g/mol. The van der Waals surface area contributed by atoms with E-state index in [1.807, 2.05) is 18.5 Å². The van der Waals surface area contributed by atoms with Crippen molar-refractivity contribution < 1.29 is 14.1 Å². The third kappa shape index (κ3) is 2.28. The van der Waals surface area contributed by atoms with Crippen LogP contribution < -0.4 is 0 Å². The number of hydrogen-bond donors (Lipinski definition) is 0. The summed E-state index contributed by atoms with van der Waals surface area (Å²) in [6, 6.07) is 0. The first-order chi connectivity index (χ1) is 11.0. The summed E-state index contributed by atoms with van der Waals surface area (Å²) < 4.78 is 12.2. The molecule has 0 aliphatic carbocycles. The van der Waals surface area contributed by atoms with Gasteiger partial charge in [0.15, 0.2) is 0 Å². The van der Waals surface area contributed by atoms with Crippen LogP contribution in [0.1, 0.15) is 28.7 Å². The number of esters is 1. The van der Waals surface area contributed by atoms with Crippen molar-refractivity contribution in [3.63, 3.8) is 0 Å². The predicted molar refractivity (Wildman–Crippen MR) is 84.4 cm³/mol. The molecule has 3 aromatic heterocycles. The van der Waals surface area contributed by atoms with E-state index in [-0.39, 0.29) is 6.61 Å². The van der Waals surface area contributed by atoms with Crippen LogP contribution in [0.3, 0.4) is 0 Å². The van der Waals surface area contributed by atoms with Gasteiger partial charge in [-0.05, 0) is 20.8 Å². The first-order valence-corrected chi connectivity index (χ1v) is 7.44. The lowest BCUT2D eigenvalue weighted by molar-refractivity contribution is 0.0525. The fraction of sp³-hybridized carbons (Fsp3) is 0.333. The van der Waals surface area contributed by atoms with Crippen LogP contribution in [0, 0.1) is 13.8 Å². The lowest BCUT2D eigenvalue weighted by Crippen LogP contribution is -2.07. The highest BCUT2D eigenvalue weighted by Gasteiger charge is 2.28. The van der Waals surface area contributed by atoms with Gasteiger partial charge in [0.25, 0.3) is 0 Å². The molecule has 0 saturated heterocycles. The summed E-state index contributed by atoms with van der Waals surface area (Å²) in [4.78, 5) is 20.6. The highest BCUT2D eigenvalue weighted by atomic mass is 35.5. The molecule has 0 N–H and O–H groups in total. The number of fused-ring (bicyclic) bond motifs is 1. The second-order valence-corrected chi connectivity index (χ2v) is 5.42. The Balaban J connectivity index is 2.35. The molecule has 3 heterocycles. The molecular formula is C15H15ClN4O3. The normalized spacial score (nSPS) is 11.2. The number of nitrogens with zero attached hydrogens (tertiary/aromatic N) is 4. The molecule has 0 unspecified atom stereocenters. The van der Waals surface area contributed by atoms with Crippen molar-refractivity contribution in [2.75, 3.05) is 6.61 Å². The Morgan fingerprint density at radius 3 is 2.83 bits per heavy atom. The monoisotopic (exact) mass is 334 g/mol. The van der Waals surface area contributed by atoms with Crippen molar-refractivity contribution in [3.05, 3.63) is 28.5 Å². The number of halogens is 1. The average Bonchev–Trinajstić information content (AvgIpc) is 3.00. The van der Waals surface area contributed by atoms with E-state index in [9.17, 15) is 4.79 Å². The molecule has 0 bridgehead atoms. The maximum atomic E-state index is 12.3. The van der Waals surface area contributed by atoms with E-state index in [4.69, 9.17) is 20.9 Å². The summed E-state index contributed by atoms with van der Waals surface area (Å²) in [5, 5.41) is 4.98. The van der Waals surface area contributed by atoms with E-state index in [0.717, 1.165) is 5.69 Å². The summed E-state index contributed by atoms with van der Waals surface area (Å²) in [5.74, 6) is -0.0894. The van der Waals surface area contributed by atoms with Gasteiger partial charge < -0.3 is 13.8 Å². The molecular weight excluding hydrogens is 320 g/mol. The van der Waals surface area contributed by atoms with Crippen molar-refractivity contribution in [1.82, 2.24) is 19.7 Å². The SMILES string of the molecule is CCOC(=O)c1c(-c2c(C)n(C)c3ncnc(Cl)c23)noc1C. The number of carbonyl (C=O) groups excluding carboxylic acids is 1. The summed E-state index contributed by atoms with van der Waals surface area (Å²) in [5.41, 5.74) is 2.87. The molecule has 0 amide bonds. The molecule has 23 heavy (non-hydrogen) atoms. The van der Waals surface area contributed by atoms with Gasteiger partial charge in [0.1, 0.15) is 34.1 Å². The van der Waals surface area contributed by atoms with Crippen LogP contribution in [0.15, 0.2) is 10.9 Å². The van der Waals surface area contributed by atoms with E-state index in [2.05, 4.69) is 15.1 Å². The number of aryl methyl sites for hydroxylation is 2. The van der Waals surface area contributed by atoms with E-state index in [1.54, 1.807) is 13.8 Å². The molecule has 0 atom stereocenters. The van der Waals surface area contributed by atoms with E-state index < -0.39 is 5.97 Å². The molecule has 8 heteroatoms. The van der Waals surface area contributed by atoms with Crippen LogP contribution in [-0.2, 0) is 11.8 Å². The molecule has 0 aliphatic heterocycles. The minimum absolute atomic E-state index is 0.265. The molecule has 3 rings (SSSR count). The third-order valence-corrected chi connectivity index (χ3v) is 4.08. The zero-order chi connectivity index (χ0) is 16.7. The standard InChI is InChI=1S/C15H15ClN4O3/c1-5-22-15(21)10-8(3)23-19-12(10)9-7(2)20(4)14-11(9)13(16)17-6-18-14/h6H,5H2,1-4H3. The zero-order valence-corrected chi connectivity index (χ0v) is 13.9. The van der Waals surface area contributed by atoms with Crippen LogP contribution >= 0.6 is 11.6 Å². The van der Waals surface area contributed by atoms with Gasteiger partial charge in [0, 0.05) is 18.3 Å². The molecule has 0 aromatic carbocycles. The van der Waals surface area contributed by atoms with Crippen LogP contribution in [0.2, 0.25) is 5.15 Å². The molecule has 0 radical (unpaired) electrons. The van der Waals surface area contributed by atoms with Crippen molar-refractivity contribution in [1.29, 1.82) is 0 Å². The number of rotatable bonds is 3.